The van der Waals surface area contributed by atoms with Crippen LogP contribution in [0.1, 0.15) is 16.8 Å². The van der Waals surface area contributed by atoms with E-state index in [0.29, 0.717) is 11.6 Å². The molecule has 17 heavy (non-hydrogen) atoms. The lowest BCUT2D eigenvalue weighted by molar-refractivity contribution is 0.276. The lowest BCUT2D eigenvalue weighted by Crippen LogP contribution is -1.94. The summed E-state index contributed by atoms with van der Waals surface area (Å²) in [5.41, 5.74) is 2.80. The van der Waals surface area contributed by atoms with Crippen molar-refractivity contribution in [2.75, 3.05) is 0 Å². The summed E-state index contributed by atoms with van der Waals surface area (Å²) in [7, 11) is 0. The van der Waals surface area contributed by atoms with Crippen LogP contribution in [0.3, 0.4) is 0 Å². The molecule has 0 amide bonds. The van der Waals surface area contributed by atoms with E-state index in [1.165, 1.54) is 12.4 Å². The van der Waals surface area contributed by atoms with Crippen molar-refractivity contribution >= 4 is 0 Å². The van der Waals surface area contributed by atoms with E-state index < -0.39 is 0 Å². The molecule has 0 saturated heterocycles. The number of aliphatic hydroxyl groups is 1. The van der Waals surface area contributed by atoms with Crippen LogP contribution in [0.2, 0.25) is 0 Å². The van der Waals surface area contributed by atoms with Crippen molar-refractivity contribution in [2.45, 2.75) is 20.5 Å². The predicted molar refractivity (Wildman–Crippen MR) is 63.9 cm³/mol. The summed E-state index contributed by atoms with van der Waals surface area (Å²) in [6, 6.07) is 5.96. The fraction of sp³-hybridized carbons (Fsp3) is 0.231. The van der Waals surface area contributed by atoms with Crippen LogP contribution in [-0.4, -0.2) is 15.1 Å². The molecule has 0 spiro atoms. The predicted octanol–water partition coefficient (Wildman–Crippen LogP) is 2.38. The average molecular weight is 230 g/mol. The van der Waals surface area contributed by atoms with Gasteiger partial charge >= 0.3 is 0 Å². The van der Waals surface area contributed by atoms with E-state index in [-0.39, 0.29) is 6.61 Å². The Hall–Kier alpha value is -1.94. The van der Waals surface area contributed by atoms with Gasteiger partial charge < -0.3 is 9.84 Å². The minimum absolute atomic E-state index is 0.114. The summed E-state index contributed by atoms with van der Waals surface area (Å²) in [5.74, 6) is 1.17. The first-order chi connectivity index (χ1) is 8.17. The molecule has 1 N–H and O–H groups in total. The number of hydrogen-bond donors (Lipinski definition) is 1. The Kier molecular flexibility index (Phi) is 3.35. The second-order valence-electron chi connectivity index (χ2n) is 3.93. The summed E-state index contributed by atoms with van der Waals surface area (Å²) in [6.07, 6.45) is 3.00. The first-order valence-electron chi connectivity index (χ1n) is 5.35. The zero-order valence-electron chi connectivity index (χ0n) is 9.84. The van der Waals surface area contributed by atoms with E-state index in [4.69, 9.17) is 9.84 Å². The van der Waals surface area contributed by atoms with Crippen LogP contribution in [0.5, 0.6) is 11.6 Å². The summed E-state index contributed by atoms with van der Waals surface area (Å²) < 4.78 is 5.58. The third-order valence-electron chi connectivity index (χ3n) is 2.26. The van der Waals surface area contributed by atoms with Gasteiger partial charge in [-0.05, 0) is 37.1 Å². The maximum atomic E-state index is 8.85. The van der Waals surface area contributed by atoms with Crippen LogP contribution in [0.4, 0.5) is 0 Å². The van der Waals surface area contributed by atoms with Crippen molar-refractivity contribution in [3.63, 3.8) is 0 Å². The molecule has 0 bridgehead atoms. The highest BCUT2D eigenvalue weighted by atomic mass is 16.5. The molecule has 0 unspecified atom stereocenters. The van der Waals surface area contributed by atoms with Gasteiger partial charge in [0, 0.05) is 0 Å². The van der Waals surface area contributed by atoms with Gasteiger partial charge in [-0.25, -0.2) is 4.98 Å². The van der Waals surface area contributed by atoms with Gasteiger partial charge in [0.15, 0.2) is 0 Å². The van der Waals surface area contributed by atoms with Crippen LogP contribution in [-0.2, 0) is 6.61 Å². The second kappa shape index (κ2) is 4.93. The maximum Gasteiger partial charge on any atom is 0.237 e. The third-order valence-corrected chi connectivity index (χ3v) is 2.26. The third kappa shape index (κ3) is 3.01. The Morgan fingerprint density at radius 3 is 2.29 bits per heavy atom. The van der Waals surface area contributed by atoms with Crippen molar-refractivity contribution in [2.24, 2.45) is 0 Å². The molecule has 1 heterocycles. The first kappa shape index (κ1) is 11.5. The minimum Gasteiger partial charge on any atom is -0.437 e. The Labute approximate surface area is 99.9 Å². The number of ether oxygens (including phenoxy) is 1. The van der Waals surface area contributed by atoms with Crippen LogP contribution in [0.15, 0.2) is 30.6 Å². The SMILES string of the molecule is Cc1cc(C)cc(Oc2cnc(CO)cn2)c1. The molecule has 1 aromatic heterocycles. The summed E-state index contributed by atoms with van der Waals surface area (Å²) in [5, 5.41) is 8.85. The Morgan fingerprint density at radius 2 is 1.76 bits per heavy atom. The summed E-state index contributed by atoms with van der Waals surface area (Å²) in [6.45, 7) is 3.91. The molecule has 0 aliphatic carbocycles. The first-order valence-corrected chi connectivity index (χ1v) is 5.35. The van der Waals surface area contributed by atoms with E-state index in [1.54, 1.807) is 0 Å². The fourth-order valence-electron chi connectivity index (χ4n) is 1.59. The maximum absolute atomic E-state index is 8.85. The summed E-state index contributed by atoms with van der Waals surface area (Å²) in [4.78, 5) is 8.06. The largest absolute Gasteiger partial charge is 0.437 e. The lowest BCUT2D eigenvalue weighted by atomic mass is 10.1. The molecule has 88 valence electrons. The highest BCUT2D eigenvalue weighted by molar-refractivity contribution is 5.34. The van der Waals surface area contributed by atoms with Crippen molar-refractivity contribution in [1.29, 1.82) is 0 Å². The van der Waals surface area contributed by atoms with Crippen molar-refractivity contribution in [3.8, 4) is 11.6 Å². The van der Waals surface area contributed by atoms with Gasteiger partial charge in [0.25, 0.3) is 0 Å². The number of nitrogens with zero attached hydrogens (tertiary/aromatic N) is 2. The quantitative estimate of drug-likeness (QED) is 0.879. The van der Waals surface area contributed by atoms with Gasteiger partial charge in [-0.1, -0.05) is 6.07 Å². The topological polar surface area (TPSA) is 55.2 Å². The van der Waals surface area contributed by atoms with E-state index in [9.17, 15) is 0 Å². The average Bonchev–Trinajstić information content (AvgIpc) is 2.28. The van der Waals surface area contributed by atoms with Crippen LogP contribution in [0.25, 0.3) is 0 Å². The van der Waals surface area contributed by atoms with Crippen molar-refractivity contribution < 1.29 is 9.84 Å². The second-order valence-corrected chi connectivity index (χ2v) is 3.93. The summed E-state index contributed by atoms with van der Waals surface area (Å²) >= 11 is 0. The van der Waals surface area contributed by atoms with Crippen LogP contribution < -0.4 is 4.74 Å². The highest BCUT2D eigenvalue weighted by Gasteiger charge is 2.01. The molecular weight excluding hydrogens is 216 g/mol. The molecule has 2 rings (SSSR count). The zero-order chi connectivity index (χ0) is 12.3. The number of hydrogen-bond acceptors (Lipinski definition) is 4. The molecule has 2 aromatic rings. The van der Waals surface area contributed by atoms with Gasteiger partial charge in [-0.2, -0.15) is 0 Å². The number of aromatic nitrogens is 2. The lowest BCUT2D eigenvalue weighted by Gasteiger charge is -2.06. The number of rotatable bonds is 3. The molecule has 0 radical (unpaired) electrons. The normalized spacial score (nSPS) is 10.3. The molecule has 0 aliphatic heterocycles. The van der Waals surface area contributed by atoms with E-state index in [0.717, 1.165) is 16.9 Å². The fourth-order valence-corrected chi connectivity index (χ4v) is 1.59. The smallest absolute Gasteiger partial charge is 0.237 e. The standard InChI is InChI=1S/C13H14N2O2/c1-9-3-10(2)5-12(4-9)17-13-7-14-11(8-16)6-15-13/h3-7,16H,8H2,1-2H3. The number of aryl methyl sites for hydroxylation is 2. The molecule has 4 heteroatoms. The molecule has 0 fully saturated rings. The van der Waals surface area contributed by atoms with E-state index >= 15 is 0 Å². The molecule has 0 saturated carbocycles. The van der Waals surface area contributed by atoms with Gasteiger partial charge in [-0.15, -0.1) is 0 Å². The molecular formula is C13H14N2O2. The molecule has 1 aromatic carbocycles. The highest BCUT2D eigenvalue weighted by Crippen LogP contribution is 2.21. The van der Waals surface area contributed by atoms with Gasteiger partial charge in [-0.3, -0.25) is 4.98 Å². The molecule has 4 nitrogen and oxygen atoms in total. The number of benzene rings is 1. The van der Waals surface area contributed by atoms with Gasteiger partial charge in [0.2, 0.25) is 5.88 Å². The van der Waals surface area contributed by atoms with Crippen molar-refractivity contribution in [1.82, 2.24) is 9.97 Å². The van der Waals surface area contributed by atoms with Crippen molar-refractivity contribution in [3.05, 3.63) is 47.4 Å². The van der Waals surface area contributed by atoms with E-state index in [2.05, 4.69) is 16.0 Å². The minimum atomic E-state index is -0.114. The van der Waals surface area contributed by atoms with E-state index in [1.807, 2.05) is 26.0 Å². The monoisotopic (exact) mass is 230 g/mol. The van der Waals surface area contributed by atoms with Gasteiger partial charge in [0.1, 0.15) is 5.75 Å². The Bertz CT molecular complexity index is 489. The van der Waals surface area contributed by atoms with Crippen LogP contribution >= 0.6 is 0 Å². The molecule has 0 atom stereocenters. The molecule has 0 aliphatic rings. The Morgan fingerprint density at radius 1 is 1.06 bits per heavy atom. The number of aliphatic hydroxyl groups excluding tert-OH is 1. The van der Waals surface area contributed by atoms with Gasteiger partial charge in [0.05, 0.1) is 24.7 Å². The van der Waals surface area contributed by atoms with Crippen LogP contribution in [0, 0.1) is 13.8 Å². The Balaban J connectivity index is 2.19. The zero-order valence-corrected chi connectivity index (χ0v) is 9.84.